The maximum atomic E-state index is 5.49. The van der Waals surface area contributed by atoms with Crippen LogP contribution in [0.25, 0.3) is 0 Å². The molecular weight excluding hydrogens is 164 g/mol. The third kappa shape index (κ3) is 3.61. The highest BCUT2D eigenvalue weighted by atomic mass is 16.3. The van der Waals surface area contributed by atoms with Crippen LogP contribution in [0.4, 0.5) is 0 Å². The lowest BCUT2D eigenvalue weighted by Gasteiger charge is -2.08. The van der Waals surface area contributed by atoms with Crippen LogP contribution in [0.3, 0.4) is 0 Å². The normalized spacial score (nSPS) is 13.2. The lowest BCUT2D eigenvalue weighted by Crippen LogP contribution is -2.25. The summed E-state index contributed by atoms with van der Waals surface area (Å²) >= 11 is 0. The van der Waals surface area contributed by atoms with Gasteiger partial charge in [-0.05, 0) is 38.1 Å². The first-order chi connectivity index (χ1) is 6.22. The Morgan fingerprint density at radius 1 is 1.54 bits per heavy atom. The zero-order valence-corrected chi connectivity index (χ0v) is 8.34. The van der Waals surface area contributed by atoms with Crippen LogP contribution in [0.15, 0.2) is 16.5 Å². The van der Waals surface area contributed by atoms with Crippen molar-refractivity contribution in [2.45, 2.75) is 20.4 Å². The molecule has 0 aliphatic rings. The Morgan fingerprint density at radius 3 is 2.85 bits per heavy atom. The van der Waals surface area contributed by atoms with Gasteiger partial charge in [-0.15, -0.1) is 0 Å². The second kappa shape index (κ2) is 5.04. The lowest BCUT2D eigenvalue weighted by atomic mass is 10.2. The van der Waals surface area contributed by atoms with Gasteiger partial charge in [-0.2, -0.15) is 0 Å². The molecule has 13 heavy (non-hydrogen) atoms. The van der Waals surface area contributed by atoms with Crippen molar-refractivity contribution < 1.29 is 4.42 Å². The van der Waals surface area contributed by atoms with Crippen LogP contribution in [0.5, 0.6) is 0 Å². The van der Waals surface area contributed by atoms with E-state index >= 15 is 0 Å². The number of furan rings is 1. The monoisotopic (exact) mass is 182 g/mol. The van der Waals surface area contributed by atoms with Crippen LogP contribution in [0.1, 0.15) is 18.4 Å². The van der Waals surface area contributed by atoms with E-state index in [-0.39, 0.29) is 0 Å². The Balaban J connectivity index is 2.20. The van der Waals surface area contributed by atoms with Crippen LogP contribution < -0.4 is 11.1 Å². The molecule has 0 fully saturated rings. The summed E-state index contributed by atoms with van der Waals surface area (Å²) in [6.45, 7) is 6.53. The van der Waals surface area contributed by atoms with Gasteiger partial charge in [0.1, 0.15) is 11.5 Å². The number of hydrogen-bond acceptors (Lipinski definition) is 3. The Morgan fingerprint density at radius 2 is 2.31 bits per heavy atom. The van der Waals surface area contributed by atoms with Crippen molar-refractivity contribution in [2.75, 3.05) is 13.1 Å². The Bertz CT molecular complexity index is 245. The fourth-order valence-corrected chi connectivity index (χ4v) is 1.11. The summed E-state index contributed by atoms with van der Waals surface area (Å²) < 4.78 is 5.41. The number of rotatable bonds is 5. The van der Waals surface area contributed by atoms with Crippen molar-refractivity contribution in [3.8, 4) is 0 Å². The molecular formula is C10H18N2O. The molecule has 3 N–H and O–H groups in total. The second-order valence-corrected chi connectivity index (χ2v) is 3.48. The average molecular weight is 182 g/mol. The molecule has 1 unspecified atom stereocenters. The molecule has 3 nitrogen and oxygen atoms in total. The summed E-state index contributed by atoms with van der Waals surface area (Å²) in [5.74, 6) is 2.47. The molecule has 1 aromatic heterocycles. The topological polar surface area (TPSA) is 51.2 Å². The first-order valence-electron chi connectivity index (χ1n) is 4.68. The minimum Gasteiger partial charge on any atom is -0.465 e. The molecule has 0 aliphatic heterocycles. The largest absolute Gasteiger partial charge is 0.465 e. The predicted octanol–water partition coefficient (Wildman–Crippen LogP) is 1.27. The Hall–Kier alpha value is -0.800. The Kier molecular flexibility index (Phi) is 3.99. The minimum absolute atomic E-state index is 0.524. The zero-order chi connectivity index (χ0) is 9.68. The minimum atomic E-state index is 0.524. The summed E-state index contributed by atoms with van der Waals surface area (Å²) in [4.78, 5) is 0. The van der Waals surface area contributed by atoms with E-state index in [9.17, 15) is 0 Å². The van der Waals surface area contributed by atoms with Gasteiger partial charge in [-0.3, -0.25) is 0 Å². The molecule has 0 bridgehead atoms. The van der Waals surface area contributed by atoms with Gasteiger partial charge < -0.3 is 15.5 Å². The average Bonchev–Trinajstić information content (AvgIpc) is 2.51. The molecule has 0 aliphatic carbocycles. The predicted molar refractivity (Wildman–Crippen MR) is 53.4 cm³/mol. The number of nitrogens with two attached hydrogens (primary N) is 1. The van der Waals surface area contributed by atoms with E-state index in [1.165, 1.54) is 0 Å². The van der Waals surface area contributed by atoms with Crippen LogP contribution in [0, 0.1) is 12.8 Å². The molecule has 0 amide bonds. The molecule has 0 aromatic carbocycles. The van der Waals surface area contributed by atoms with E-state index in [0.717, 1.165) is 31.2 Å². The lowest BCUT2D eigenvalue weighted by molar-refractivity contribution is 0.443. The van der Waals surface area contributed by atoms with Crippen LogP contribution in [0.2, 0.25) is 0 Å². The van der Waals surface area contributed by atoms with Crippen molar-refractivity contribution >= 4 is 0 Å². The highest BCUT2D eigenvalue weighted by Gasteiger charge is 2.00. The third-order valence-electron chi connectivity index (χ3n) is 1.99. The molecule has 3 heteroatoms. The summed E-state index contributed by atoms with van der Waals surface area (Å²) in [5.41, 5.74) is 5.49. The smallest absolute Gasteiger partial charge is 0.117 e. The van der Waals surface area contributed by atoms with Crippen LogP contribution in [-0.4, -0.2) is 13.1 Å². The molecule has 1 aromatic rings. The van der Waals surface area contributed by atoms with E-state index in [1.54, 1.807) is 0 Å². The van der Waals surface area contributed by atoms with E-state index in [4.69, 9.17) is 10.2 Å². The maximum Gasteiger partial charge on any atom is 0.117 e. The van der Waals surface area contributed by atoms with Gasteiger partial charge >= 0.3 is 0 Å². The molecule has 0 saturated heterocycles. The van der Waals surface area contributed by atoms with Gasteiger partial charge in [-0.1, -0.05) is 6.92 Å². The van der Waals surface area contributed by atoms with E-state index < -0.39 is 0 Å². The maximum absolute atomic E-state index is 5.49. The molecule has 0 radical (unpaired) electrons. The van der Waals surface area contributed by atoms with Gasteiger partial charge in [0.2, 0.25) is 0 Å². The van der Waals surface area contributed by atoms with Gasteiger partial charge in [0.05, 0.1) is 6.54 Å². The molecule has 1 rings (SSSR count). The molecule has 1 heterocycles. The third-order valence-corrected chi connectivity index (χ3v) is 1.99. The quantitative estimate of drug-likeness (QED) is 0.721. The fraction of sp³-hybridized carbons (Fsp3) is 0.600. The van der Waals surface area contributed by atoms with Crippen molar-refractivity contribution in [1.29, 1.82) is 0 Å². The first kappa shape index (κ1) is 10.3. The van der Waals surface area contributed by atoms with E-state index in [1.807, 2.05) is 19.1 Å². The van der Waals surface area contributed by atoms with Gasteiger partial charge in [0.25, 0.3) is 0 Å². The van der Waals surface area contributed by atoms with E-state index in [0.29, 0.717) is 5.92 Å². The van der Waals surface area contributed by atoms with Gasteiger partial charge in [-0.25, -0.2) is 0 Å². The van der Waals surface area contributed by atoms with E-state index in [2.05, 4.69) is 12.2 Å². The summed E-state index contributed by atoms with van der Waals surface area (Å²) in [6.07, 6.45) is 0. The van der Waals surface area contributed by atoms with Crippen molar-refractivity contribution in [2.24, 2.45) is 11.7 Å². The van der Waals surface area contributed by atoms with Gasteiger partial charge in [0.15, 0.2) is 0 Å². The molecule has 0 spiro atoms. The first-order valence-corrected chi connectivity index (χ1v) is 4.68. The molecule has 74 valence electrons. The number of nitrogens with one attached hydrogen (secondary N) is 1. The highest BCUT2D eigenvalue weighted by molar-refractivity contribution is 5.05. The highest BCUT2D eigenvalue weighted by Crippen LogP contribution is 2.05. The van der Waals surface area contributed by atoms with Crippen molar-refractivity contribution in [3.05, 3.63) is 23.7 Å². The number of hydrogen-bond donors (Lipinski definition) is 2. The standard InChI is InChI=1S/C10H18N2O/c1-8(5-11)6-12-7-10-4-3-9(2)13-10/h3-4,8,12H,5-7,11H2,1-2H3. The van der Waals surface area contributed by atoms with Gasteiger partial charge in [0, 0.05) is 0 Å². The summed E-state index contributed by atoms with van der Waals surface area (Å²) in [7, 11) is 0. The second-order valence-electron chi connectivity index (χ2n) is 3.48. The SMILES string of the molecule is Cc1ccc(CNCC(C)CN)o1. The van der Waals surface area contributed by atoms with Crippen LogP contribution >= 0.6 is 0 Å². The zero-order valence-electron chi connectivity index (χ0n) is 8.34. The fourth-order valence-electron chi connectivity index (χ4n) is 1.11. The van der Waals surface area contributed by atoms with Crippen molar-refractivity contribution in [1.82, 2.24) is 5.32 Å². The van der Waals surface area contributed by atoms with Crippen molar-refractivity contribution in [3.63, 3.8) is 0 Å². The van der Waals surface area contributed by atoms with Crippen LogP contribution in [-0.2, 0) is 6.54 Å². The Labute approximate surface area is 79.3 Å². The molecule has 0 saturated carbocycles. The summed E-state index contributed by atoms with van der Waals surface area (Å²) in [5, 5.41) is 3.29. The molecule has 1 atom stereocenters. The summed E-state index contributed by atoms with van der Waals surface area (Å²) in [6, 6.07) is 3.97. The number of aryl methyl sites for hydroxylation is 1.